The van der Waals surface area contributed by atoms with E-state index in [9.17, 15) is 23.5 Å². The molecular formula is C22H20F2N4O4. The molecule has 0 radical (unpaired) electrons. The topological polar surface area (TPSA) is 119 Å². The number of carboxylic acid groups (broad SMARTS) is 1. The number of hydrogen-bond acceptors (Lipinski definition) is 5. The lowest BCUT2D eigenvalue weighted by molar-refractivity contribution is 0.0687. The molecular weight excluding hydrogens is 422 g/mol. The van der Waals surface area contributed by atoms with Gasteiger partial charge in [0, 0.05) is 12.1 Å². The fourth-order valence-corrected chi connectivity index (χ4v) is 3.46. The third-order valence-electron chi connectivity index (χ3n) is 5.27. The fourth-order valence-electron chi connectivity index (χ4n) is 3.46. The SMILES string of the molecule is COc1ccc(F)cc1C(=O)NCc1ccc(-c2nc(C3CC3F)n(N)c2C(=O)O)cc1. The van der Waals surface area contributed by atoms with Gasteiger partial charge in [-0.2, -0.15) is 0 Å². The molecule has 166 valence electrons. The summed E-state index contributed by atoms with van der Waals surface area (Å²) in [7, 11) is 1.39. The minimum Gasteiger partial charge on any atom is -0.496 e. The summed E-state index contributed by atoms with van der Waals surface area (Å²) in [6.07, 6.45) is -0.807. The molecule has 0 saturated heterocycles. The third kappa shape index (κ3) is 3.98. The maximum atomic E-state index is 13.5. The maximum absolute atomic E-state index is 13.5. The molecule has 1 amide bonds. The van der Waals surface area contributed by atoms with Crippen LogP contribution in [0.3, 0.4) is 0 Å². The monoisotopic (exact) mass is 442 g/mol. The third-order valence-corrected chi connectivity index (χ3v) is 5.27. The number of aromatic carboxylic acids is 1. The first-order chi connectivity index (χ1) is 15.3. The van der Waals surface area contributed by atoms with Crippen LogP contribution in [0.5, 0.6) is 5.75 Å². The number of imidazole rings is 1. The van der Waals surface area contributed by atoms with E-state index in [-0.39, 0.29) is 41.5 Å². The number of amides is 1. The summed E-state index contributed by atoms with van der Waals surface area (Å²) in [6, 6.07) is 10.3. The van der Waals surface area contributed by atoms with Crippen LogP contribution in [0.4, 0.5) is 8.78 Å². The predicted octanol–water partition coefficient (Wildman–Crippen LogP) is 2.87. The van der Waals surface area contributed by atoms with Crippen LogP contribution in [0.25, 0.3) is 11.3 Å². The predicted molar refractivity (Wildman–Crippen MR) is 111 cm³/mol. The molecule has 0 spiro atoms. The van der Waals surface area contributed by atoms with Crippen molar-refractivity contribution in [2.75, 3.05) is 13.0 Å². The molecule has 4 rings (SSSR count). The number of alkyl halides is 1. The van der Waals surface area contributed by atoms with Gasteiger partial charge >= 0.3 is 5.97 Å². The molecule has 1 aromatic heterocycles. The number of nitrogen functional groups attached to an aromatic ring is 1. The first kappa shape index (κ1) is 21.3. The summed E-state index contributed by atoms with van der Waals surface area (Å²) in [6.45, 7) is 0.146. The van der Waals surface area contributed by atoms with Crippen molar-refractivity contribution in [3.8, 4) is 17.0 Å². The van der Waals surface area contributed by atoms with Crippen molar-refractivity contribution < 1.29 is 28.2 Å². The van der Waals surface area contributed by atoms with Crippen LogP contribution >= 0.6 is 0 Å². The van der Waals surface area contributed by atoms with Gasteiger partial charge in [0.15, 0.2) is 5.69 Å². The van der Waals surface area contributed by atoms with E-state index in [1.54, 1.807) is 24.3 Å². The number of aromatic nitrogens is 2. The van der Waals surface area contributed by atoms with Crippen molar-refractivity contribution in [3.05, 3.63) is 70.9 Å². The number of carbonyl (C=O) groups is 2. The number of ether oxygens (including phenoxy) is 1. The van der Waals surface area contributed by atoms with Crippen LogP contribution in [-0.4, -0.2) is 39.9 Å². The zero-order chi connectivity index (χ0) is 23.0. The molecule has 1 aliphatic rings. The zero-order valence-corrected chi connectivity index (χ0v) is 17.0. The highest BCUT2D eigenvalue weighted by Gasteiger charge is 2.43. The van der Waals surface area contributed by atoms with Gasteiger partial charge in [-0.15, -0.1) is 0 Å². The van der Waals surface area contributed by atoms with Gasteiger partial charge in [-0.1, -0.05) is 24.3 Å². The number of nitrogens with zero attached hydrogens (tertiary/aromatic N) is 2. The van der Waals surface area contributed by atoms with Gasteiger partial charge in [-0.3, -0.25) is 4.79 Å². The van der Waals surface area contributed by atoms with E-state index in [1.165, 1.54) is 19.2 Å². The lowest BCUT2D eigenvalue weighted by Gasteiger charge is -2.10. The van der Waals surface area contributed by atoms with E-state index in [2.05, 4.69) is 10.3 Å². The van der Waals surface area contributed by atoms with Crippen LogP contribution in [0, 0.1) is 5.82 Å². The van der Waals surface area contributed by atoms with E-state index in [4.69, 9.17) is 10.6 Å². The molecule has 2 unspecified atom stereocenters. The van der Waals surface area contributed by atoms with E-state index in [0.717, 1.165) is 10.7 Å². The van der Waals surface area contributed by atoms with E-state index < -0.39 is 29.8 Å². The molecule has 4 N–H and O–H groups in total. The van der Waals surface area contributed by atoms with Crippen LogP contribution in [0.15, 0.2) is 42.5 Å². The van der Waals surface area contributed by atoms with E-state index in [0.29, 0.717) is 11.1 Å². The van der Waals surface area contributed by atoms with Gasteiger partial charge in [-0.25, -0.2) is 23.2 Å². The smallest absolute Gasteiger partial charge is 0.356 e. The van der Waals surface area contributed by atoms with Crippen molar-refractivity contribution in [1.29, 1.82) is 0 Å². The maximum Gasteiger partial charge on any atom is 0.356 e. The second-order valence-electron chi connectivity index (χ2n) is 7.42. The number of hydrogen-bond donors (Lipinski definition) is 3. The van der Waals surface area contributed by atoms with E-state index >= 15 is 0 Å². The Kier molecular flexibility index (Phi) is 5.52. The highest BCUT2D eigenvalue weighted by molar-refractivity contribution is 5.97. The molecule has 1 saturated carbocycles. The quantitative estimate of drug-likeness (QED) is 0.484. The van der Waals surface area contributed by atoms with Gasteiger partial charge in [0.1, 0.15) is 29.3 Å². The van der Waals surface area contributed by atoms with Gasteiger partial charge in [0.25, 0.3) is 5.91 Å². The Morgan fingerprint density at radius 2 is 1.97 bits per heavy atom. The molecule has 2 atom stereocenters. The molecule has 32 heavy (non-hydrogen) atoms. The van der Waals surface area contributed by atoms with Gasteiger partial charge in [-0.05, 0) is 30.2 Å². The summed E-state index contributed by atoms with van der Waals surface area (Å²) in [5.74, 6) is 3.49. The Balaban J connectivity index is 1.51. The Bertz CT molecular complexity index is 1190. The number of benzene rings is 2. The molecule has 1 fully saturated rings. The average molecular weight is 442 g/mol. The summed E-state index contributed by atoms with van der Waals surface area (Å²) in [5.41, 5.74) is 1.20. The minimum atomic E-state index is -1.27. The lowest BCUT2D eigenvalue weighted by atomic mass is 10.1. The Labute approximate surface area is 181 Å². The minimum absolute atomic E-state index is 0.0717. The lowest BCUT2D eigenvalue weighted by Crippen LogP contribution is -2.23. The second-order valence-corrected chi connectivity index (χ2v) is 7.42. The molecule has 8 nitrogen and oxygen atoms in total. The van der Waals surface area contributed by atoms with Crippen LogP contribution in [0.1, 0.15) is 44.6 Å². The summed E-state index contributed by atoms with van der Waals surface area (Å²) in [5, 5.41) is 12.2. The number of halogens is 2. The van der Waals surface area contributed by atoms with Crippen LogP contribution in [-0.2, 0) is 6.54 Å². The van der Waals surface area contributed by atoms with Crippen LogP contribution < -0.4 is 15.9 Å². The average Bonchev–Trinajstić information content (AvgIpc) is 3.39. The van der Waals surface area contributed by atoms with Crippen molar-refractivity contribution in [2.24, 2.45) is 0 Å². The zero-order valence-electron chi connectivity index (χ0n) is 17.0. The number of carboxylic acids is 1. The Hall–Kier alpha value is -3.95. The highest BCUT2D eigenvalue weighted by atomic mass is 19.1. The standard InChI is InChI=1S/C22H20F2N4O4/c1-32-17-7-6-13(23)8-15(17)21(29)26-10-11-2-4-12(5-3-11)18-19(22(30)31)28(25)20(27-18)14-9-16(14)24/h2-8,14,16H,9-10,25H2,1H3,(H,26,29)(H,30,31). The first-order valence-corrected chi connectivity index (χ1v) is 9.76. The number of rotatable bonds is 7. The van der Waals surface area contributed by atoms with Crippen molar-refractivity contribution in [1.82, 2.24) is 15.0 Å². The number of nitrogens with two attached hydrogens (primary N) is 1. The van der Waals surface area contributed by atoms with Gasteiger partial charge in [0.05, 0.1) is 18.6 Å². The molecule has 3 aromatic rings. The molecule has 2 aromatic carbocycles. The number of nitrogens with one attached hydrogen (secondary N) is 1. The van der Waals surface area contributed by atoms with E-state index in [1.807, 2.05) is 0 Å². The van der Waals surface area contributed by atoms with Crippen LogP contribution in [0.2, 0.25) is 0 Å². The fraction of sp³-hybridized carbons (Fsp3) is 0.227. The molecule has 1 aliphatic carbocycles. The molecule has 0 aliphatic heterocycles. The van der Waals surface area contributed by atoms with Gasteiger partial charge in [0.2, 0.25) is 0 Å². The summed E-state index contributed by atoms with van der Waals surface area (Å²) in [4.78, 5) is 28.4. The second kappa shape index (κ2) is 8.29. The van der Waals surface area contributed by atoms with Crippen molar-refractivity contribution >= 4 is 11.9 Å². The van der Waals surface area contributed by atoms with Gasteiger partial charge < -0.3 is 21.0 Å². The Morgan fingerprint density at radius 1 is 1.28 bits per heavy atom. The molecule has 0 bridgehead atoms. The normalized spacial score (nSPS) is 17.1. The first-order valence-electron chi connectivity index (χ1n) is 9.76. The van der Waals surface area contributed by atoms with Crippen molar-refractivity contribution in [3.63, 3.8) is 0 Å². The number of methoxy groups -OCH3 is 1. The largest absolute Gasteiger partial charge is 0.496 e. The summed E-state index contributed by atoms with van der Waals surface area (Å²) >= 11 is 0. The van der Waals surface area contributed by atoms with Crippen molar-refractivity contribution in [2.45, 2.75) is 25.1 Å². The molecule has 1 heterocycles. The highest BCUT2D eigenvalue weighted by Crippen LogP contribution is 2.43. The number of carbonyl (C=O) groups excluding carboxylic acids is 1. The molecule has 10 heteroatoms. The Morgan fingerprint density at radius 3 is 2.56 bits per heavy atom. The summed E-state index contributed by atoms with van der Waals surface area (Å²) < 4.78 is 33.0.